The molecule has 25 heavy (non-hydrogen) atoms. The summed E-state index contributed by atoms with van der Waals surface area (Å²) in [5.41, 5.74) is 1.94. The second kappa shape index (κ2) is 7.33. The van der Waals surface area contributed by atoms with Gasteiger partial charge in [0, 0.05) is 18.3 Å². The van der Waals surface area contributed by atoms with Crippen molar-refractivity contribution in [3.8, 4) is 0 Å². The molecule has 0 radical (unpaired) electrons. The SMILES string of the molecule is Cc1cc(F)ccc1N1CCC[C@H](NC(=O)NCc2ccon2)C1=O. The van der Waals surface area contributed by atoms with Crippen molar-refractivity contribution in [3.63, 3.8) is 0 Å². The average Bonchev–Trinajstić information content (AvgIpc) is 3.09. The molecule has 0 unspecified atom stereocenters. The summed E-state index contributed by atoms with van der Waals surface area (Å²) in [4.78, 5) is 26.3. The number of benzene rings is 1. The van der Waals surface area contributed by atoms with Crippen molar-refractivity contribution in [1.82, 2.24) is 15.8 Å². The molecule has 7 nitrogen and oxygen atoms in total. The van der Waals surface area contributed by atoms with Gasteiger partial charge in [0.05, 0.1) is 6.54 Å². The predicted molar refractivity (Wildman–Crippen MR) is 88.4 cm³/mol. The number of nitrogens with zero attached hydrogens (tertiary/aromatic N) is 2. The highest BCUT2D eigenvalue weighted by Crippen LogP contribution is 2.25. The molecule has 1 saturated heterocycles. The van der Waals surface area contributed by atoms with Gasteiger partial charge in [-0.05, 0) is 43.5 Å². The van der Waals surface area contributed by atoms with E-state index in [-0.39, 0.29) is 18.3 Å². The summed E-state index contributed by atoms with van der Waals surface area (Å²) in [6.07, 6.45) is 2.73. The molecule has 3 rings (SSSR count). The summed E-state index contributed by atoms with van der Waals surface area (Å²) in [5.74, 6) is -0.537. The number of anilines is 1. The zero-order chi connectivity index (χ0) is 17.8. The fraction of sp³-hybridized carbons (Fsp3) is 0.353. The molecule has 1 aromatic heterocycles. The second-order valence-corrected chi connectivity index (χ2v) is 5.93. The molecule has 0 spiro atoms. The number of carbonyl (C=O) groups excluding carboxylic acids is 2. The van der Waals surface area contributed by atoms with Gasteiger partial charge in [-0.2, -0.15) is 0 Å². The number of aromatic nitrogens is 1. The van der Waals surface area contributed by atoms with Gasteiger partial charge in [-0.3, -0.25) is 4.79 Å². The van der Waals surface area contributed by atoms with E-state index in [4.69, 9.17) is 0 Å². The van der Waals surface area contributed by atoms with Crippen LogP contribution in [0.4, 0.5) is 14.9 Å². The van der Waals surface area contributed by atoms with Gasteiger partial charge in [0.25, 0.3) is 0 Å². The first-order valence-electron chi connectivity index (χ1n) is 8.06. The largest absolute Gasteiger partial charge is 0.364 e. The second-order valence-electron chi connectivity index (χ2n) is 5.93. The number of urea groups is 1. The summed E-state index contributed by atoms with van der Waals surface area (Å²) in [5, 5.41) is 9.02. The van der Waals surface area contributed by atoms with Gasteiger partial charge in [0.15, 0.2) is 0 Å². The van der Waals surface area contributed by atoms with E-state index in [0.29, 0.717) is 29.9 Å². The molecule has 3 amide bonds. The van der Waals surface area contributed by atoms with E-state index in [1.165, 1.54) is 18.4 Å². The van der Waals surface area contributed by atoms with Gasteiger partial charge >= 0.3 is 6.03 Å². The monoisotopic (exact) mass is 346 g/mol. The van der Waals surface area contributed by atoms with Crippen molar-refractivity contribution >= 4 is 17.6 Å². The molecule has 132 valence electrons. The summed E-state index contributed by atoms with van der Waals surface area (Å²) in [6, 6.07) is 4.90. The molecular weight excluding hydrogens is 327 g/mol. The van der Waals surface area contributed by atoms with Gasteiger partial charge in [-0.1, -0.05) is 5.16 Å². The number of hydrogen-bond acceptors (Lipinski definition) is 4. The van der Waals surface area contributed by atoms with Crippen LogP contribution in [-0.2, 0) is 11.3 Å². The van der Waals surface area contributed by atoms with E-state index in [2.05, 4.69) is 20.3 Å². The summed E-state index contributed by atoms with van der Waals surface area (Å²) in [6.45, 7) is 2.52. The van der Waals surface area contributed by atoms with Gasteiger partial charge in [-0.15, -0.1) is 0 Å². The van der Waals surface area contributed by atoms with Crippen molar-refractivity contribution in [2.75, 3.05) is 11.4 Å². The van der Waals surface area contributed by atoms with Crippen molar-refractivity contribution in [3.05, 3.63) is 47.6 Å². The highest BCUT2D eigenvalue weighted by atomic mass is 19.1. The molecule has 2 aromatic rings. The normalized spacial score (nSPS) is 17.4. The van der Waals surface area contributed by atoms with E-state index in [9.17, 15) is 14.0 Å². The van der Waals surface area contributed by atoms with Crippen LogP contribution in [0, 0.1) is 12.7 Å². The Morgan fingerprint density at radius 3 is 3.00 bits per heavy atom. The van der Waals surface area contributed by atoms with Crippen LogP contribution in [0.2, 0.25) is 0 Å². The Kier molecular flexibility index (Phi) is 4.97. The lowest BCUT2D eigenvalue weighted by atomic mass is 10.0. The third-order valence-electron chi connectivity index (χ3n) is 4.11. The zero-order valence-electron chi connectivity index (χ0n) is 13.8. The summed E-state index contributed by atoms with van der Waals surface area (Å²) < 4.78 is 18.0. The Balaban J connectivity index is 1.62. The molecule has 1 aromatic carbocycles. The third kappa shape index (κ3) is 3.96. The molecule has 2 heterocycles. The van der Waals surface area contributed by atoms with Gasteiger partial charge in [0.2, 0.25) is 5.91 Å². The molecule has 1 aliphatic rings. The molecule has 1 atom stereocenters. The maximum Gasteiger partial charge on any atom is 0.315 e. The first-order chi connectivity index (χ1) is 12.0. The van der Waals surface area contributed by atoms with Crippen LogP contribution in [0.5, 0.6) is 0 Å². The fourth-order valence-corrected chi connectivity index (χ4v) is 2.88. The van der Waals surface area contributed by atoms with E-state index in [1.807, 2.05) is 0 Å². The zero-order valence-corrected chi connectivity index (χ0v) is 13.8. The molecule has 0 aliphatic carbocycles. The van der Waals surface area contributed by atoms with E-state index in [0.717, 1.165) is 6.42 Å². The number of aryl methyl sites for hydroxylation is 1. The van der Waals surface area contributed by atoms with E-state index < -0.39 is 12.1 Å². The number of piperidine rings is 1. The minimum Gasteiger partial charge on any atom is -0.364 e. The van der Waals surface area contributed by atoms with Gasteiger partial charge in [-0.25, -0.2) is 9.18 Å². The lowest BCUT2D eigenvalue weighted by Crippen LogP contribution is -2.54. The van der Waals surface area contributed by atoms with Crippen molar-refractivity contribution in [2.45, 2.75) is 32.4 Å². The maximum atomic E-state index is 13.3. The Bertz CT molecular complexity index is 763. The smallest absolute Gasteiger partial charge is 0.315 e. The van der Waals surface area contributed by atoms with E-state index >= 15 is 0 Å². The van der Waals surface area contributed by atoms with Crippen LogP contribution >= 0.6 is 0 Å². The Hall–Kier alpha value is -2.90. The standard InChI is InChI=1S/C17H19FN4O3/c1-11-9-12(18)4-5-15(11)22-7-2-3-14(16(22)23)20-17(24)19-10-13-6-8-25-21-13/h4-6,8-9,14H,2-3,7,10H2,1H3,(H2,19,20,24)/t14-/m0/s1. The van der Waals surface area contributed by atoms with Crippen molar-refractivity contribution in [1.29, 1.82) is 0 Å². The predicted octanol–water partition coefficient (Wildman–Crippen LogP) is 2.12. The minimum absolute atomic E-state index is 0.197. The highest BCUT2D eigenvalue weighted by Gasteiger charge is 2.31. The van der Waals surface area contributed by atoms with E-state index in [1.54, 1.807) is 24.0 Å². The molecule has 2 N–H and O–H groups in total. The molecule has 1 fully saturated rings. The Morgan fingerprint density at radius 2 is 2.28 bits per heavy atom. The number of halogens is 1. The van der Waals surface area contributed by atoms with Crippen LogP contribution in [0.1, 0.15) is 24.1 Å². The molecule has 0 saturated carbocycles. The van der Waals surface area contributed by atoms with Gasteiger partial charge in [0.1, 0.15) is 23.8 Å². The van der Waals surface area contributed by atoms with Crippen LogP contribution in [0.15, 0.2) is 35.1 Å². The third-order valence-corrected chi connectivity index (χ3v) is 4.11. The molecule has 0 bridgehead atoms. The molecule has 1 aliphatic heterocycles. The number of amides is 3. The summed E-state index contributed by atoms with van der Waals surface area (Å²) >= 11 is 0. The van der Waals surface area contributed by atoms with Crippen molar-refractivity contribution in [2.24, 2.45) is 0 Å². The average molecular weight is 346 g/mol. The fourth-order valence-electron chi connectivity index (χ4n) is 2.88. The Labute approximate surface area is 144 Å². The lowest BCUT2D eigenvalue weighted by molar-refractivity contribution is -0.121. The molecular formula is C17H19FN4O3. The number of nitrogens with one attached hydrogen (secondary N) is 2. The number of rotatable bonds is 4. The highest BCUT2D eigenvalue weighted by molar-refractivity contribution is 6.00. The van der Waals surface area contributed by atoms with Crippen LogP contribution in [0.25, 0.3) is 0 Å². The summed E-state index contributed by atoms with van der Waals surface area (Å²) in [7, 11) is 0. The lowest BCUT2D eigenvalue weighted by Gasteiger charge is -2.33. The van der Waals surface area contributed by atoms with Crippen LogP contribution in [0.3, 0.4) is 0 Å². The van der Waals surface area contributed by atoms with Crippen LogP contribution in [-0.4, -0.2) is 29.7 Å². The topological polar surface area (TPSA) is 87.5 Å². The quantitative estimate of drug-likeness (QED) is 0.888. The number of carbonyl (C=O) groups is 2. The van der Waals surface area contributed by atoms with Crippen LogP contribution < -0.4 is 15.5 Å². The first kappa shape index (κ1) is 16.9. The minimum atomic E-state index is -0.615. The Morgan fingerprint density at radius 1 is 1.44 bits per heavy atom. The molecule has 8 heteroatoms. The first-order valence-corrected chi connectivity index (χ1v) is 8.06. The number of hydrogen-bond donors (Lipinski definition) is 2. The van der Waals surface area contributed by atoms with Gasteiger partial charge < -0.3 is 20.1 Å². The van der Waals surface area contributed by atoms with Crippen molar-refractivity contribution < 1.29 is 18.5 Å². The maximum absolute atomic E-state index is 13.3.